The van der Waals surface area contributed by atoms with Crippen molar-refractivity contribution < 1.29 is 24.0 Å². The van der Waals surface area contributed by atoms with Crippen LogP contribution in [0.4, 0.5) is 0 Å². The van der Waals surface area contributed by atoms with Crippen LogP contribution in [0.1, 0.15) is 65.8 Å². The van der Waals surface area contributed by atoms with Crippen LogP contribution in [0.25, 0.3) is 0 Å². The molecule has 0 aliphatic carbocycles. The zero-order valence-corrected chi connectivity index (χ0v) is 19.5. The number of hydrogen-bond donors (Lipinski definition) is 3. The number of rotatable bonds is 6. The van der Waals surface area contributed by atoms with Gasteiger partial charge in [0, 0.05) is 32.1 Å². The van der Waals surface area contributed by atoms with E-state index < -0.39 is 35.7 Å². The molecule has 0 aromatic heterocycles. The van der Waals surface area contributed by atoms with Crippen molar-refractivity contribution in [2.24, 2.45) is 11.7 Å². The van der Waals surface area contributed by atoms with E-state index in [4.69, 9.17) is 5.73 Å². The summed E-state index contributed by atoms with van der Waals surface area (Å²) in [5.74, 6) is -2.07. The van der Waals surface area contributed by atoms with Crippen LogP contribution in [0.3, 0.4) is 0 Å². The summed E-state index contributed by atoms with van der Waals surface area (Å²) in [5.41, 5.74) is 7.25. The highest BCUT2D eigenvalue weighted by atomic mass is 16.2. The van der Waals surface area contributed by atoms with Gasteiger partial charge in [0.25, 0.3) is 11.8 Å². The molecule has 3 aliphatic heterocycles. The van der Waals surface area contributed by atoms with Crippen LogP contribution in [0.5, 0.6) is 0 Å². The SMILES string of the molecule is CC(C)[C@H](NCc1ccc2c(c1)C(=O)N(C1CCC(=O)NC1=O)C2=O)C(=O)N1CCCC(N)C1. The number of likely N-dealkylation sites (tertiary alicyclic amines) is 1. The molecule has 0 spiro atoms. The highest BCUT2D eigenvalue weighted by Crippen LogP contribution is 2.28. The molecule has 3 heterocycles. The highest BCUT2D eigenvalue weighted by Gasteiger charge is 2.44. The molecule has 34 heavy (non-hydrogen) atoms. The molecule has 1 aromatic carbocycles. The van der Waals surface area contributed by atoms with E-state index in [9.17, 15) is 24.0 Å². The van der Waals surface area contributed by atoms with Gasteiger partial charge in [-0.15, -0.1) is 0 Å². The smallest absolute Gasteiger partial charge is 0.262 e. The largest absolute Gasteiger partial charge is 0.340 e. The molecule has 10 nitrogen and oxygen atoms in total. The van der Waals surface area contributed by atoms with Gasteiger partial charge in [-0.05, 0) is 42.9 Å². The molecule has 182 valence electrons. The van der Waals surface area contributed by atoms with Crippen LogP contribution in [-0.4, -0.2) is 70.6 Å². The van der Waals surface area contributed by atoms with Gasteiger partial charge in [-0.1, -0.05) is 19.9 Å². The lowest BCUT2D eigenvalue weighted by atomic mass is 9.99. The Morgan fingerprint density at radius 2 is 1.88 bits per heavy atom. The molecule has 4 rings (SSSR count). The van der Waals surface area contributed by atoms with Crippen molar-refractivity contribution in [1.29, 1.82) is 0 Å². The minimum absolute atomic E-state index is 0.00177. The molecule has 0 radical (unpaired) electrons. The van der Waals surface area contributed by atoms with E-state index in [1.807, 2.05) is 18.7 Å². The van der Waals surface area contributed by atoms with Gasteiger partial charge in [-0.25, -0.2) is 0 Å². The Balaban J connectivity index is 1.46. The topological polar surface area (TPSA) is 142 Å². The van der Waals surface area contributed by atoms with Crippen LogP contribution in [0.15, 0.2) is 18.2 Å². The van der Waals surface area contributed by atoms with Gasteiger partial charge in [-0.3, -0.25) is 34.2 Å². The number of hydrogen-bond acceptors (Lipinski definition) is 7. The van der Waals surface area contributed by atoms with Crippen molar-refractivity contribution in [2.75, 3.05) is 13.1 Å². The van der Waals surface area contributed by atoms with E-state index >= 15 is 0 Å². The number of piperidine rings is 2. The van der Waals surface area contributed by atoms with Crippen LogP contribution in [-0.2, 0) is 20.9 Å². The molecule has 3 aliphatic rings. The predicted molar refractivity (Wildman–Crippen MR) is 122 cm³/mol. The fraction of sp³-hybridized carbons (Fsp3) is 0.542. The summed E-state index contributed by atoms with van der Waals surface area (Å²) in [7, 11) is 0. The standard InChI is InChI=1S/C24H31N5O5/c1-13(2)20(24(34)28-9-3-4-15(25)12-28)26-11-14-5-6-16-17(10-14)23(33)29(22(16)32)18-7-8-19(30)27-21(18)31/h5-6,10,13,15,18,20,26H,3-4,7-9,11-12,25H2,1-2H3,(H,27,30,31)/t15?,18?,20-/m0/s1. The molecule has 10 heteroatoms. The predicted octanol–water partition coefficient (Wildman–Crippen LogP) is 0.152. The zero-order chi connectivity index (χ0) is 24.6. The molecule has 0 saturated carbocycles. The van der Waals surface area contributed by atoms with E-state index in [0.717, 1.165) is 23.3 Å². The van der Waals surface area contributed by atoms with Crippen molar-refractivity contribution in [3.63, 3.8) is 0 Å². The first kappa shape index (κ1) is 24.0. The van der Waals surface area contributed by atoms with Crippen LogP contribution in [0, 0.1) is 5.92 Å². The molecule has 3 atom stereocenters. The highest BCUT2D eigenvalue weighted by molar-refractivity contribution is 6.23. The lowest BCUT2D eigenvalue weighted by Gasteiger charge is -2.35. The van der Waals surface area contributed by atoms with Gasteiger partial charge in [0.2, 0.25) is 17.7 Å². The monoisotopic (exact) mass is 469 g/mol. The van der Waals surface area contributed by atoms with E-state index in [2.05, 4.69) is 10.6 Å². The van der Waals surface area contributed by atoms with E-state index in [1.165, 1.54) is 0 Å². The maximum Gasteiger partial charge on any atom is 0.262 e. The minimum Gasteiger partial charge on any atom is -0.340 e. The Hall–Kier alpha value is -3.11. The molecular weight excluding hydrogens is 438 g/mol. The molecule has 2 unspecified atom stereocenters. The zero-order valence-electron chi connectivity index (χ0n) is 19.5. The molecule has 2 fully saturated rings. The summed E-state index contributed by atoms with van der Waals surface area (Å²) in [6, 6.07) is 3.55. The Morgan fingerprint density at radius 3 is 2.56 bits per heavy atom. The van der Waals surface area contributed by atoms with Gasteiger partial charge in [0.1, 0.15) is 6.04 Å². The fourth-order valence-electron chi connectivity index (χ4n) is 4.87. The van der Waals surface area contributed by atoms with Crippen molar-refractivity contribution in [3.05, 3.63) is 34.9 Å². The lowest BCUT2D eigenvalue weighted by molar-refractivity contribution is -0.137. The second kappa shape index (κ2) is 9.63. The molecule has 0 bridgehead atoms. The third kappa shape index (κ3) is 4.60. The maximum atomic E-state index is 13.1. The molecule has 5 amide bonds. The van der Waals surface area contributed by atoms with Crippen molar-refractivity contribution >= 4 is 29.5 Å². The van der Waals surface area contributed by atoms with Gasteiger partial charge < -0.3 is 16.0 Å². The number of imide groups is 2. The number of amides is 5. The van der Waals surface area contributed by atoms with Crippen LogP contribution >= 0.6 is 0 Å². The summed E-state index contributed by atoms with van der Waals surface area (Å²) in [6.45, 7) is 5.53. The summed E-state index contributed by atoms with van der Waals surface area (Å²) < 4.78 is 0. The first-order valence-electron chi connectivity index (χ1n) is 11.8. The summed E-state index contributed by atoms with van der Waals surface area (Å²) in [6.07, 6.45) is 2.00. The first-order valence-corrected chi connectivity index (χ1v) is 11.8. The number of nitrogens with two attached hydrogens (primary N) is 1. The number of nitrogens with zero attached hydrogens (tertiary/aromatic N) is 2. The third-order valence-corrected chi connectivity index (χ3v) is 6.73. The molecule has 2 saturated heterocycles. The first-order chi connectivity index (χ1) is 16.2. The number of carbonyl (C=O) groups is 5. The number of benzene rings is 1. The molecule has 4 N–H and O–H groups in total. The van der Waals surface area contributed by atoms with Crippen molar-refractivity contribution in [2.45, 2.75) is 64.2 Å². The molecule has 1 aromatic rings. The minimum atomic E-state index is -0.995. The fourth-order valence-corrected chi connectivity index (χ4v) is 4.87. The summed E-state index contributed by atoms with van der Waals surface area (Å²) in [4.78, 5) is 65.4. The maximum absolute atomic E-state index is 13.1. The van der Waals surface area contributed by atoms with Crippen LogP contribution in [0.2, 0.25) is 0 Å². The van der Waals surface area contributed by atoms with Gasteiger partial charge in [-0.2, -0.15) is 0 Å². The number of fused-ring (bicyclic) bond motifs is 1. The number of carbonyl (C=O) groups excluding carboxylic acids is 5. The van der Waals surface area contributed by atoms with Gasteiger partial charge in [0.15, 0.2) is 0 Å². The van der Waals surface area contributed by atoms with E-state index in [-0.39, 0.29) is 41.8 Å². The van der Waals surface area contributed by atoms with Crippen LogP contribution < -0.4 is 16.4 Å². The lowest BCUT2D eigenvalue weighted by Crippen LogP contribution is -2.54. The Labute approximate surface area is 198 Å². The van der Waals surface area contributed by atoms with Gasteiger partial charge in [0.05, 0.1) is 17.2 Å². The Bertz CT molecular complexity index is 1040. The average molecular weight is 470 g/mol. The third-order valence-electron chi connectivity index (χ3n) is 6.73. The van der Waals surface area contributed by atoms with E-state index in [1.54, 1.807) is 18.2 Å². The van der Waals surface area contributed by atoms with Crippen molar-refractivity contribution in [3.8, 4) is 0 Å². The second-order valence-electron chi connectivity index (χ2n) is 9.62. The van der Waals surface area contributed by atoms with E-state index in [0.29, 0.717) is 19.6 Å². The number of nitrogens with one attached hydrogen (secondary N) is 2. The second-order valence-corrected chi connectivity index (χ2v) is 9.62. The average Bonchev–Trinajstić information content (AvgIpc) is 3.03. The van der Waals surface area contributed by atoms with Gasteiger partial charge >= 0.3 is 0 Å². The molecular formula is C24H31N5O5. The Morgan fingerprint density at radius 1 is 1.15 bits per heavy atom. The summed E-state index contributed by atoms with van der Waals surface area (Å²) in [5, 5.41) is 5.50. The van der Waals surface area contributed by atoms with Crippen molar-refractivity contribution in [1.82, 2.24) is 20.4 Å². The Kier molecular flexibility index (Phi) is 6.81. The summed E-state index contributed by atoms with van der Waals surface area (Å²) >= 11 is 0. The quantitative estimate of drug-likeness (QED) is 0.504. The normalized spacial score (nSPS) is 23.9.